The van der Waals surface area contributed by atoms with Crippen LogP contribution < -0.4 is 5.73 Å². The Labute approximate surface area is 78.6 Å². The maximum absolute atomic E-state index is 13.2. The highest BCUT2D eigenvalue weighted by atomic mass is 19.1. The predicted molar refractivity (Wildman–Crippen MR) is 48.4 cm³/mol. The first kappa shape index (κ1) is 8.68. The van der Waals surface area contributed by atoms with Gasteiger partial charge in [0.15, 0.2) is 0 Å². The Hall–Kier alpha value is -1.91. The van der Waals surface area contributed by atoms with Crippen molar-refractivity contribution < 1.29 is 8.78 Å². The fourth-order valence-electron chi connectivity index (χ4n) is 1.20. The molecule has 0 aliphatic rings. The fraction of sp³-hybridized carbons (Fsp3) is 0. The average molecular weight is 195 g/mol. The minimum absolute atomic E-state index is 0.0833. The van der Waals surface area contributed by atoms with Crippen molar-refractivity contribution in [2.45, 2.75) is 0 Å². The van der Waals surface area contributed by atoms with E-state index in [4.69, 9.17) is 5.73 Å². The zero-order chi connectivity index (χ0) is 10.1. The maximum atomic E-state index is 13.2. The molecule has 1 aromatic heterocycles. The molecule has 3 N–H and O–H groups in total. The lowest BCUT2D eigenvalue weighted by molar-refractivity contribution is 0.602. The number of halogens is 2. The highest BCUT2D eigenvalue weighted by Gasteiger charge is 2.10. The summed E-state index contributed by atoms with van der Waals surface area (Å²) in [7, 11) is 0. The Bertz CT molecular complexity index is 465. The lowest BCUT2D eigenvalue weighted by Gasteiger charge is -2.01. The molecule has 0 amide bonds. The molecule has 2 aromatic rings. The van der Waals surface area contributed by atoms with Gasteiger partial charge >= 0.3 is 0 Å². The van der Waals surface area contributed by atoms with Gasteiger partial charge in [0.1, 0.15) is 11.6 Å². The Morgan fingerprint density at radius 3 is 2.71 bits per heavy atom. The third kappa shape index (κ3) is 1.32. The molecule has 0 atom stereocenters. The van der Waals surface area contributed by atoms with Crippen LogP contribution in [0.3, 0.4) is 0 Å². The standard InChI is InChI=1S/C9H7F2N3/c10-5-1-2-7(11)6(3-5)9-8(12)4-13-14-9/h1-4H,12H2,(H,13,14). The Morgan fingerprint density at radius 2 is 2.07 bits per heavy atom. The summed E-state index contributed by atoms with van der Waals surface area (Å²) in [6.45, 7) is 0. The van der Waals surface area contributed by atoms with Crippen LogP contribution in [0.25, 0.3) is 11.3 Å². The number of hydrogen-bond donors (Lipinski definition) is 2. The molecule has 0 spiro atoms. The van der Waals surface area contributed by atoms with Crippen molar-refractivity contribution in [2.75, 3.05) is 5.73 Å². The molecule has 0 fully saturated rings. The van der Waals surface area contributed by atoms with E-state index in [9.17, 15) is 8.78 Å². The predicted octanol–water partition coefficient (Wildman–Crippen LogP) is 1.94. The molecule has 1 heterocycles. The molecule has 0 bridgehead atoms. The number of benzene rings is 1. The van der Waals surface area contributed by atoms with Crippen LogP contribution in [0.15, 0.2) is 24.4 Å². The van der Waals surface area contributed by atoms with Crippen LogP contribution in [0.2, 0.25) is 0 Å². The number of rotatable bonds is 1. The lowest BCUT2D eigenvalue weighted by Crippen LogP contribution is -1.91. The number of hydrogen-bond acceptors (Lipinski definition) is 2. The molecule has 0 saturated carbocycles. The molecule has 5 heteroatoms. The van der Waals surface area contributed by atoms with Gasteiger partial charge in [-0.2, -0.15) is 5.10 Å². The molecule has 0 aliphatic carbocycles. The van der Waals surface area contributed by atoms with Gasteiger partial charge in [-0.25, -0.2) is 8.78 Å². The molecule has 0 aliphatic heterocycles. The number of aromatic nitrogens is 2. The van der Waals surface area contributed by atoms with Gasteiger partial charge in [-0.3, -0.25) is 5.10 Å². The molecule has 0 radical (unpaired) electrons. The van der Waals surface area contributed by atoms with Crippen molar-refractivity contribution in [3.63, 3.8) is 0 Å². The second-order valence-corrected chi connectivity index (χ2v) is 2.82. The summed E-state index contributed by atoms with van der Waals surface area (Å²) in [5.41, 5.74) is 6.17. The summed E-state index contributed by atoms with van der Waals surface area (Å²) in [4.78, 5) is 0. The minimum Gasteiger partial charge on any atom is -0.396 e. The van der Waals surface area contributed by atoms with Crippen molar-refractivity contribution in [1.29, 1.82) is 0 Å². The van der Waals surface area contributed by atoms with Crippen LogP contribution in [0.4, 0.5) is 14.5 Å². The van der Waals surface area contributed by atoms with E-state index in [1.165, 1.54) is 6.20 Å². The zero-order valence-corrected chi connectivity index (χ0v) is 7.09. The number of nitrogen functional groups attached to an aromatic ring is 1. The second kappa shape index (κ2) is 3.10. The SMILES string of the molecule is Nc1cn[nH]c1-c1cc(F)ccc1F. The highest BCUT2D eigenvalue weighted by molar-refractivity contribution is 5.72. The number of aromatic amines is 1. The number of nitrogens with zero attached hydrogens (tertiary/aromatic N) is 1. The van der Waals surface area contributed by atoms with E-state index in [1.807, 2.05) is 0 Å². The monoisotopic (exact) mass is 195 g/mol. The number of nitrogens with two attached hydrogens (primary N) is 1. The van der Waals surface area contributed by atoms with Crippen molar-refractivity contribution >= 4 is 5.69 Å². The van der Waals surface area contributed by atoms with Crippen LogP contribution >= 0.6 is 0 Å². The fourth-order valence-corrected chi connectivity index (χ4v) is 1.20. The quantitative estimate of drug-likeness (QED) is 0.730. The number of anilines is 1. The first-order valence-electron chi connectivity index (χ1n) is 3.93. The molecule has 0 saturated heterocycles. The average Bonchev–Trinajstić information content (AvgIpc) is 2.56. The van der Waals surface area contributed by atoms with Gasteiger partial charge in [-0.15, -0.1) is 0 Å². The van der Waals surface area contributed by atoms with E-state index in [0.29, 0.717) is 5.69 Å². The van der Waals surface area contributed by atoms with Crippen LogP contribution in [0.1, 0.15) is 0 Å². The molecule has 3 nitrogen and oxygen atoms in total. The van der Waals surface area contributed by atoms with Gasteiger partial charge < -0.3 is 5.73 Å². The summed E-state index contributed by atoms with van der Waals surface area (Å²) in [5.74, 6) is -1.06. The van der Waals surface area contributed by atoms with Gasteiger partial charge in [0.2, 0.25) is 0 Å². The molecule has 0 unspecified atom stereocenters. The van der Waals surface area contributed by atoms with Crippen LogP contribution in [0, 0.1) is 11.6 Å². The van der Waals surface area contributed by atoms with E-state index in [2.05, 4.69) is 10.2 Å². The van der Waals surface area contributed by atoms with Gasteiger partial charge in [-0.05, 0) is 18.2 Å². The maximum Gasteiger partial charge on any atom is 0.132 e. The summed E-state index contributed by atoms with van der Waals surface area (Å²) in [5, 5.41) is 6.14. The topological polar surface area (TPSA) is 54.7 Å². The first-order valence-corrected chi connectivity index (χ1v) is 3.93. The van der Waals surface area contributed by atoms with Crippen LogP contribution in [0.5, 0.6) is 0 Å². The van der Waals surface area contributed by atoms with Gasteiger partial charge in [0, 0.05) is 5.56 Å². The van der Waals surface area contributed by atoms with E-state index in [0.717, 1.165) is 18.2 Å². The third-order valence-corrected chi connectivity index (χ3v) is 1.87. The Balaban J connectivity index is 2.62. The molecule has 14 heavy (non-hydrogen) atoms. The molecule has 1 aromatic carbocycles. The van der Waals surface area contributed by atoms with Crippen molar-refractivity contribution in [3.05, 3.63) is 36.0 Å². The Morgan fingerprint density at radius 1 is 1.29 bits per heavy atom. The Kier molecular flexibility index (Phi) is 1.92. The minimum atomic E-state index is -0.539. The van der Waals surface area contributed by atoms with Crippen molar-refractivity contribution in [1.82, 2.24) is 10.2 Å². The van der Waals surface area contributed by atoms with E-state index < -0.39 is 11.6 Å². The number of H-pyrrole nitrogens is 1. The van der Waals surface area contributed by atoms with Gasteiger partial charge in [-0.1, -0.05) is 0 Å². The third-order valence-electron chi connectivity index (χ3n) is 1.87. The van der Waals surface area contributed by atoms with Crippen molar-refractivity contribution in [2.24, 2.45) is 0 Å². The van der Waals surface area contributed by atoms with Gasteiger partial charge in [0.25, 0.3) is 0 Å². The molecular weight excluding hydrogens is 188 g/mol. The summed E-state index contributed by atoms with van der Waals surface area (Å²) >= 11 is 0. The first-order chi connectivity index (χ1) is 6.68. The lowest BCUT2D eigenvalue weighted by atomic mass is 10.1. The smallest absolute Gasteiger partial charge is 0.132 e. The van der Waals surface area contributed by atoms with Crippen molar-refractivity contribution in [3.8, 4) is 11.3 Å². The second-order valence-electron chi connectivity index (χ2n) is 2.82. The number of nitrogens with one attached hydrogen (secondary N) is 1. The normalized spacial score (nSPS) is 10.4. The summed E-state index contributed by atoms with van der Waals surface area (Å²) in [6.07, 6.45) is 1.35. The molecule has 2 rings (SSSR count). The van der Waals surface area contributed by atoms with Gasteiger partial charge in [0.05, 0.1) is 17.6 Å². The zero-order valence-electron chi connectivity index (χ0n) is 7.09. The van der Waals surface area contributed by atoms with Crippen LogP contribution in [-0.2, 0) is 0 Å². The largest absolute Gasteiger partial charge is 0.396 e. The highest BCUT2D eigenvalue weighted by Crippen LogP contribution is 2.25. The summed E-state index contributed by atoms with van der Waals surface area (Å²) < 4.78 is 26.1. The summed E-state index contributed by atoms with van der Waals surface area (Å²) in [6, 6.07) is 3.16. The van der Waals surface area contributed by atoms with E-state index >= 15 is 0 Å². The van der Waals surface area contributed by atoms with E-state index in [-0.39, 0.29) is 11.3 Å². The van der Waals surface area contributed by atoms with E-state index in [1.54, 1.807) is 0 Å². The van der Waals surface area contributed by atoms with Crippen LogP contribution in [-0.4, -0.2) is 10.2 Å². The molecule has 72 valence electrons. The molecular formula is C9H7F2N3.